The van der Waals surface area contributed by atoms with Crippen LogP contribution in [-0.2, 0) is 13.0 Å². The number of nitrogens with one attached hydrogen (secondary N) is 2. The molecule has 26 heavy (non-hydrogen) atoms. The van der Waals surface area contributed by atoms with Crippen molar-refractivity contribution in [1.29, 1.82) is 0 Å². The monoisotopic (exact) mass is 370 g/mol. The van der Waals surface area contributed by atoms with Crippen molar-refractivity contribution in [1.82, 2.24) is 10.6 Å². The Hall–Kier alpha value is -2.57. The van der Waals surface area contributed by atoms with Crippen molar-refractivity contribution in [2.45, 2.75) is 25.5 Å². The number of aliphatic hydroxyl groups is 1. The SMILES string of the molecule is O=C(NCCCc1ccccc1)NCc1ccc(C(O)c2ccco2)s1. The molecular weight excluding hydrogens is 348 g/mol. The minimum atomic E-state index is -0.768. The number of carbonyl (C=O) groups is 1. The van der Waals surface area contributed by atoms with Gasteiger partial charge in [-0.15, -0.1) is 11.3 Å². The van der Waals surface area contributed by atoms with Gasteiger partial charge in [-0.3, -0.25) is 0 Å². The van der Waals surface area contributed by atoms with Crippen LogP contribution in [0.2, 0.25) is 0 Å². The predicted molar refractivity (Wildman–Crippen MR) is 102 cm³/mol. The van der Waals surface area contributed by atoms with E-state index in [4.69, 9.17) is 4.42 Å². The first kappa shape index (κ1) is 18.2. The first-order chi connectivity index (χ1) is 12.7. The highest BCUT2D eigenvalue weighted by molar-refractivity contribution is 7.12. The number of hydrogen-bond acceptors (Lipinski definition) is 4. The summed E-state index contributed by atoms with van der Waals surface area (Å²) in [6.07, 6.45) is 2.61. The highest BCUT2D eigenvalue weighted by Gasteiger charge is 2.15. The third-order valence-electron chi connectivity index (χ3n) is 3.96. The summed E-state index contributed by atoms with van der Waals surface area (Å²) >= 11 is 1.45. The lowest BCUT2D eigenvalue weighted by Crippen LogP contribution is -2.35. The first-order valence-corrected chi connectivity index (χ1v) is 9.40. The zero-order valence-corrected chi connectivity index (χ0v) is 15.2. The van der Waals surface area contributed by atoms with Crippen LogP contribution in [0.4, 0.5) is 4.79 Å². The summed E-state index contributed by atoms with van der Waals surface area (Å²) in [5.41, 5.74) is 1.27. The van der Waals surface area contributed by atoms with Gasteiger partial charge in [-0.05, 0) is 42.7 Å². The second-order valence-electron chi connectivity index (χ2n) is 5.92. The lowest BCUT2D eigenvalue weighted by atomic mass is 10.1. The van der Waals surface area contributed by atoms with Crippen molar-refractivity contribution in [2.24, 2.45) is 0 Å². The Balaban J connectivity index is 1.37. The molecule has 3 N–H and O–H groups in total. The van der Waals surface area contributed by atoms with Crippen LogP contribution in [0.3, 0.4) is 0 Å². The molecule has 2 heterocycles. The fourth-order valence-corrected chi connectivity index (χ4v) is 3.54. The van der Waals surface area contributed by atoms with Crippen LogP contribution >= 0.6 is 11.3 Å². The second kappa shape index (κ2) is 9.22. The zero-order valence-electron chi connectivity index (χ0n) is 14.4. The number of aryl methyl sites for hydroxylation is 1. The minimum absolute atomic E-state index is 0.181. The van der Waals surface area contributed by atoms with Crippen LogP contribution in [0.5, 0.6) is 0 Å². The molecular formula is C20H22N2O3S. The van der Waals surface area contributed by atoms with Gasteiger partial charge in [-0.2, -0.15) is 0 Å². The van der Waals surface area contributed by atoms with Gasteiger partial charge in [0.2, 0.25) is 0 Å². The van der Waals surface area contributed by atoms with E-state index in [1.807, 2.05) is 30.3 Å². The van der Waals surface area contributed by atoms with Crippen LogP contribution in [0, 0.1) is 0 Å². The molecule has 0 bridgehead atoms. The molecule has 136 valence electrons. The van der Waals surface area contributed by atoms with Gasteiger partial charge in [-0.25, -0.2) is 4.79 Å². The number of aliphatic hydroxyl groups excluding tert-OH is 1. The molecule has 1 aromatic carbocycles. The van der Waals surface area contributed by atoms with Gasteiger partial charge >= 0.3 is 6.03 Å². The lowest BCUT2D eigenvalue weighted by molar-refractivity contribution is 0.193. The molecule has 0 saturated carbocycles. The largest absolute Gasteiger partial charge is 0.466 e. The minimum Gasteiger partial charge on any atom is -0.466 e. The summed E-state index contributed by atoms with van der Waals surface area (Å²) < 4.78 is 5.22. The van der Waals surface area contributed by atoms with Crippen LogP contribution in [-0.4, -0.2) is 17.7 Å². The van der Waals surface area contributed by atoms with Crippen molar-refractivity contribution in [2.75, 3.05) is 6.54 Å². The summed E-state index contributed by atoms with van der Waals surface area (Å²) in [6.45, 7) is 1.06. The number of urea groups is 1. The van der Waals surface area contributed by atoms with E-state index in [-0.39, 0.29) is 6.03 Å². The summed E-state index contributed by atoms with van der Waals surface area (Å²) in [7, 11) is 0. The normalized spacial score (nSPS) is 11.9. The molecule has 0 aliphatic rings. The molecule has 6 heteroatoms. The van der Waals surface area contributed by atoms with E-state index in [1.54, 1.807) is 12.1 Å². The van der Waals surface area contributed by atoms with Crippen molar-refractivity contribution < 1.29 is 14.3 Å². The van der Waals surface area contributed by atoms with Gasteiger partial charge in [0, 0.05) is 16.3 Å². The van der Waals surface area contributed by atoms with Gasteiger partial charge in [0.15, 0.2) is 0 Å². The number of carbonyl (C=O) groups excluding carboxylic acids is 1. The first-order valence-electron chi connectivity index (χ1n) is 8.58. The average Bonchev–Trinajstić information content (AvgIpc) is 3.36. The van der Waals surface area contributed by atoms with E-state index in [1.165, 1.54) is 23.2 Å². The summed E-state index contributed by atoms with van der Waals surface area (Å²) in [5, 5.41) is 15.9. The molecule has 0 aliphatic carbocycles. The number of amides is 2. The molecule has 3 aromatic rings. The van der Waals surface area contributed by atoms with E-state index in [9.17, 15) is 9.90 Å². The number of rotatable bonds is 8. The fourth-order valence-electron chi connectivity index (χ4n) is 2.59. The maximum Gasteiger partial charge on any atom is 0.315 e. The summed E-state index contributed by atoms with van der Waals surface area (Å²) in [4.78, 5) is 13.6. The second-order valence-corrected chi connectivity index (χ2v) is 7.12. The van der Waals surface area contributed by atoms with Crippen molar-refractivity contribution in [3.05, 3.63) is 81.9 Å². The van der Waals surface area contributed by atoms with Gasteiger partial charge < -0.3 is 20.2 Å². The third kappa shape index (κ3) is 5.21. The average molecular weight is 370 g/mol. The van der Waals surface area contributed by atoms with E-state index >= 15 is 0 Å². The summed E-state index contributed by atoms with van der Waals surface area (Å²) in [6, 6.07) is 17.3. The number of hydrogen-bond donors (Lipinski definition) is 3. The fraction of sp³-hybridized carbons (Fsp3) is 0.250. The standard InChI is InChI=1S/C20H22N2O3S/c23-19(17-9-5-13-25-17)18-11-10-16(26-18)14-22-20(24)21-12-4-8-15-6-2-1-3-7-15/h1-3,5-7,9-11,13,19,23H,4,8,12,14H2,(H2,21,22,24). The molecule has 5 nitrogen and oxygen atoms in total. The van der Waals surface area contributed by atoms with Crippen LogP contribution in [0.25, 0.3) is 0 Å². The molecule has 0 fully saturated rings. The van der Waals surface area contributed by atoms with Gasteiger partial charge in [0.05, 0.1) is 12.8 Å². The zero-order chi connectivity index (χ0) is 18.2. The lowest BCUT2D eigenvalue weighted by Gasteiger charge is -2.07. The molecule has 0 aliphatic heterocycles. The molecule has 1 atom stereocenters. The number of thiophene rings is 1. The number of benzene rings is 1. The Morgan fingerprint density at radius 3 is 2.69 bits per heavy atom. The van der Waals surface area contributed by atoms with Gasteiger partial charge in [-0.1, -0.05) is 30.3 Å². The Morgan fingerprint density at radius 1 is 1.08 bits per heavy atom. The van der Waals surface area contributed by atoms with Crippen molar-refractivity contribution in [3.63, 3.8) is 0 Å². The Kier molecular flexibility index (Phi) is 6.46. The van der Waals surface area contributed by atoms with Gasteiger partial charge in [0.1, 0.15) is 11.9 Å². The smallest absolute Gasteiger partial charge is 0.315 e. The quantitative estimate of drug-likeness (QED) is 0.527. The number of furan rings is 1. The molecule has 0 radical (unpaired) electrons. The molecule has 0 spiro atoms. The van der Waals surface area contributed by atoms with Crippen molar-refractivity contribution >= 4 is 17.4 Å². The highest BCUT2D eigenvalue weighted by Crippen LogP contribution is 2.28. The van der Waals surface area contributed by atoms with Gasteiger partial charge in [0.25, 0.3) is 0 Å². The molecule has 2 amide bonds. The summed E-state index contributed by atoms with van der Waals surface area (Å²) in [5.74, 6) is 0.516. The highest BCUT2D eigenvalue weighted by atomic mass is 32.1. The van der Waals surface area contributed by atoms with E-state index < -0.39 is 6.10 Å². The maximum absolute atomic E-state index is 11.9. The molecule has 2 aromatic heterocycles. The van der Waals surface area contributed by atoms with E-state index in [0.29, 0.717) is 18.8 Å². The topological polar surface area (TPSA) is 74.5 Å². The van der Waals surface area contributed by atoms with E-state index in [2.05, 4.69) is 22.8 Å². The Bertz CT molecular complexity index is 800. The Labute approximate surface area is 156 Å². The third-order valence-corrected chi connectivity index (χ3v) is 5.10. The van der Waals surface area contributed by atoms with Crippen LogP contribution in [0.1, 0.15) is 33.6 Å². The molecule has 0 saturated heterocycles. The predicted octanol–water partition coefficient (Wildman–Crippen LogP) is 3.85. The van der Waals surface area contributed by atoms with E-state index in [0.717, 1.165) is 22.6 Å². The molecule has 3 rings (SSSR count). The van der Waals surface area contributed by atoms with Crippen molar-refractivity contribution in [3.8, 4) is 0 Å². The van der Waals surface area contributed by atoms with Crippen LogP contribution < -0.4 is 10.6 Å². The van der Waals surface area contributed by atoms with Crippen LogP contribution in [0.15, 0.2) is 65.3 Å². The maximum atomic E-state index is 11.9. The molecule has 1 unspecified atom stereocenters. The Morgan fingerprint density at radius 2 is 1.92 bits per heavy atom.